The summed E-state index contributed by atoms with van der Waals surface area (Å²) in [5.41, 5.74) is 1.80. The van der Waals surface area contributed by atoms with Crippen molar-refractivity contribution in [2.45, 2.75) is 18.6 Å². The number of fused-ring (bicyclic) bond motifs is 1. The third-order valence-electron chi connectivity index (χ3n) is 3.25. The molecule has 1 aliphatic heterocycles. The van der Waals surface area contributed by atoms with Crippen LogP contribution in [0.2, 0.25) is 0 Å². The number of phenolic OH excluding ortho intramolecular Hbond substituents is 1. The second-order valence-electron chi connectivity index (χ2n) is 4.49. The molecule has 3 rings (SSSR count). The van der Waals surface area contributed by atoms with Crippen LogP contribution in [-0.2, 0) is 0 Å². The van der Waals surface area contributed by atoms with Crippen molar-refractivity contribution < 1.29 is 14.9 Å². The van der Waals surface area contributed by atoms with Gasteiger partial charge in [-0.2, -0.15) is 0 Å². The number of phenols is 1. The van der Waals surface area contributed by atoms with Gasteiger partial charge in [0, 0.05) is 12.0 Å². The predicted octanol–water partition coefficient (Wildman–Crippen LogP) is 2.95. The fourth-order valence-corrected chi connectivity index (χ4v) is 2.29. The van der Waals surface area contributed by atoms with Gasteiger partial charge in [-0.3, -0.25) is 0 Å². The molecular formula is C15H14O3. The van der Waals surface area contributed by atoms with Crippen LogP contribution in [0.3, 0.4) is 0 Å². The summed E-state index contributed by atoms with van der Waals surface area (Å²) in [6.45, 7) is 0. The van der Waals surface area contributed by atoms with Crippen molar-refractivity contribution in [3.63, 3.8) is 0 Å². The number of aliphatic hydroxyl groups is 1. The molecule has 0 amide bonds. The van der Waals surface area contributed by atoms with Gasteiger partial charge >= 0.3 is 0 Å². The highest BCUT2D eigenvalue weighted by Gasteiger charge is 2.27. The SMILES string of the molecule is Oc1ccc([C@H]2C[C@H](O)c3ccccc3O2)cc1. The lowest BCUT2D eigenvalue weighted by Crippen LogP contribution is -2.18. The molecule has 0 unspecified atom stereocenters. The van der Waals surface area contributed by atoms with Crippen LogP contribution in [-0.4, -0.2) is 10.2 Å². The molecule has 0 aromatic heterocycles. The van der Waals surface area contributed by atoms with Crippen LogP contribution in [0.25, 0.3) is 0 Å². The molecule has 0 bridgehead atoms. The van der Waals surface area contributed by atoms with E-state index in [1.165, 1.54) is 0 Å². The molecule has 0 spiro atoms. The average molecular weight is 242 g/mol. The average Bonchev–Trinajstić information content (AvgIpc) is 2.39. The van der Waals surface area contributed by atoms with Gasteiger partial charge in [-0.15, -0.1) is 0 Å². The summed E-state index contributed by atoms with van der Waals surface area (Å²) in [5, 5.41) is 19.4. The summed E-state index contributed by atoms with van der Waals surface area (Å²) in [7, 11) is 0. The normalized spacial score (nSPS) is 22.1. The molecule has 0 saturated heterocycles. The summed E-state index contributed by atoms with van der Waals surface area (Å²) in [6, 6.07) is 14.4. The van der Waals surface area contributed by atoms with Gasteiger partial charge in [-0.25, -0.2) is 0 Å². The molecule has 2 atom stereocenters. The van der Waals surface area contributed by atoms with Crippen LogP contribution in [0.5, 0.6) is 11.5 Å². The van der Waals surface area contributed by atoms with Gasteiger partial charge in [0.15, 0.2) is 0 Å². The van der Waals surface area contributed by atoms with Crippen LogP contribution >= 0.6 is 0 Å². The maximum atomic E-state index is 10.1. The van der Waals surface area contributed by atoms with E-state index in [-0.39, 0.29) is 11.9 Å². The summed E-state index contributed by atoms with van der Waals surface area (Å²) in [4.78, 5) is 0. The molecule has 0 radical (unpaired) electrons. The van der Waals surface area contributed by atoms with Crippen molar-refractivity contribution >= 4 is 0 Å². The van der Waals surface area contributed by atoms with Gasteiger partial charge in [0.05, 0.1) is 6.10 Å². The van der Waals surface area contributed by atoms with Gasteiger partial charge in [0.1, 0.15) is 17.6 Å². The van der Waals surface area contributed by atoms with Gasteiger partial charge in [-0.1, -0.05) is 30.3 Å². The third kappa shape index (κ3) is 1.93. The van der Waals surface area contributed by atoms with Crippen molar-refractivity contribution in [3.8, 4) is 11.5 Å². The molecule has 0 aliphatic carbocycles. The smallest absolute Gasteiger partial charge is 0.127 e. The number of rotatable bonds is 1. The molecule has 3 nitrogen and oxygen atoms in total. The Labute approximate surface area is 105 Å². The Bertz CT molecular complexity index is 548. The zero-order valence-electron chi connectivity index (χ0n) is 9.78. The maximum absolute atomic E-state index is 10.1. The molecule has 2 N–H and O–H groups in total. The first-order valence-corrected chi connectivity index (χ1v) is 5.96. The fraction of sp³-hybridized carbons (Fsp3) is 0.200. The van der Waals surface area contributed by atoms with Gasteiger partial charge in [0.2, 0.25) is 0 Å². The van der Waals surface area contributed by atoms with E-state index < -0.39 is 6.10 Å². The summed E-state index contributed by atoms with van der Waals surface area (Å²) in [6.07, 6.45) is -0.147. The van der Waals surface area contributed by atoms with Crippen LogP contribution in [0, 0.1) is 0 Å². The molecule has 0 fully saturated rings. The number of hydrogen-bond donors (Lipinski definition) is 2. The van der Waals surface area contributed by atoms with Crippen LogP contribution in [0.1, 0.15) is 29.8 Å². The topological polar surface area (TPSA) is 49.7 Å². The molecule has 0 saturated carbocycles. The number of ether oxygens (including phenoxy) is 1. The molecular weight excluding hydrogens is 228 g/mol. The van der Waals surface area contributed by atoms with Crippen LogP contribution < -0.4 is 4.74 Å². The maximum Gasteiger partial charge on any atom is 0.127 e. The lowest BCUT2D eigenvalue weighted by atomic mass is 9.95. The second kappa shape index (κ2) is 4.35. The number of aliphatic hydroxyl groups excluding tert-OH is 1. The highest BCUT2D eigenvalue weighted by atomic mass is 16.5. The van der Waals surface area contributed by atoms with Crippen molar-refractivity contribution in [3.05, 3.63) is 59.7 Å². The van der Waals surface area contributed by atoms with Gasteiger partial charge < -0.3 is 14.9 Å². The number of aromatic hydroxyl groups is 1. The summed E-state index contributed by atoms with van der Waals surface area (Å²) >= 11 is 0. The van der Waals surface area contributed by atoms with E-state index in [4.69, 9.17) is 4.74 Å². The van der Waals surface area contributed by atoms with E-state index in [9.17, 15) is 10.2 Å². The quantitative estimate of drug-likeness (QED) is 0.808. The standard InChI is InChI=1S/C15H14O3/c16-11-7-5-10(6-8-11)15-9-13(17)12-3-1-2-4-14(12)18-15/h1-8,13,15-17H,9H2/t13-,15+/m0/s1. The number of para-hydroxylation sites is 1. The minimum atomic E-state index is -0.506. The molecule has 18 heavy (non-hydrogen) atoms. The van der Waals surface area contributed by atoms with Crippen molar-refractivity contribution in [1.82, 2.24) is 0 Å². The molecule has 1 heterocycles. The first-order valence-electron chi connectivity index (χ1n) is 5.96. The zero-order valence-corrected chi connectivity index (χ0v) is 9.78. The Kier molecular flexibility index (Phi) is 2.68. The van der Waals surface area contributed by atoms with Crippen LogP contribution in [0.15, 0.2) is 48.5 Å². The summed E-state index contributed by atoms with van der Waals surface area (Å²) in [5.74, 6) is 0.963. The first-order chi connectivity index (χ1) is 8.74. The van der Waals surface area contributed by atoms with E-state index in [2.05, 4.69) is 0 Å². The lowest BCUT2D eigenvalue weighted by molar-refractivity contribution is 0.0657. The Balaban J connectivity index is 1.92. The molecule has 3 heteroatoms. The Morgan fingerprint density at radius 2 is 1.72 bits per heavy atom. The van der Waals surface area contributed by atoms with Gasteiger partial charge in [0.25, 0.3) is 0 Å². The molecule has 2 aromatic rings. The van der Waals surface area contributed by atoms with Crippen molar-refractivity contribution in [1.29, 1.82) is 0 Å². The Morgan fingerprint density at radius 3 is 2.50 bits per heavy atom. The Morgan fingerprint density at radius 1 is 1.00 bits per heavy atom. The largest absolute Gasteiger partial charge is 0.508 e. The minimum Gasteiger partial charge on any atom is -0.508 e. The second-order valence-corrected chi connectivity index (χ2v) is 4.49. The molecule has 92 valence electrons. The predicted molar refractivity (Wildman–Crippen MR) is 67.5 cm³/mol. The minimum absolute atomic E-state index is 0.171. The lowest BCUT2D eigenvalue weighted by Gasteiger charge is -2.29. The van der Waals surface area contributed by atoms with Crippen LogP contribution in [0.4, 0.5) is 0 Å². The zero-order chi connectivity index (χ0) is 12.5. The van der Waals surface area contributed by atoms with E-state index in [0.29, 0.717) is 6.42 Å². The molecule has 2 aromatic carbocycles. The third-order valence-corrected chi connectivity index (χ3v) is 3.25. The van der Waals surface area contributed by atoms with Gasteiger partial charge in [-0.05, 0) is 23.8 Å². The fourth-order valence-electron chi connectivity index (χ4n) is 2.29. The number of benzene rings is 2. The first kappa shape index (κ1) is 11.1. The van der Waals surface area contributed by atoms with Crippen molar-refractivity contribution in [2.75, 3.05) is 0 Å². The monoisotopic (exact) mass is 242 g/mol. The van der Waals surface area contributed by atoms with E-state index in [1.807, 2.05) is 36.4 Å². The van der Waals surface area contributed by atoms with E-state index >= 15 is 0 Å². The highest BCUT2D eigenvalue weighted by molar-refractivity contribution is 5.38. The van der Waals surface area contributed by atoms with E-state index in [1.54, 1.807) is 12.1 Å². The highest BCUT2D eigenvalue weighted by Crippen LogP contribution is 2.40. The summed E-state index contributed by atoms with van der Waals surface area (Å²) < 4.78 is 5.89. The Hall–Kier alpha value is -2.00. The van der Waals surface area contributed by atoms with Crippen molar-refractivity contribution in [2.24, 2.45) is 0 Å². The number of hydrogen-bond acceptors (Lipinski definition) is 3. The molecule has 1 aliphatic rings. The van der Waals surface area contributed by atoms with E-state index in [0.717, 1.165) is 16.9 Å².